The molecule has 4 rings (SSSR count). The van der Waals surface area contributed by atoms with Crippen molar-refractivity contribution in [3.8, 4) is 0 Å². The molecule has 8 nitrogen and oxygen atoms in total. The first-order chi connectivity index (χ1) is 17.3. The minimum atomic E-state index is -0.416. The Labute approximate surface area is 218 Å². The van der Waals surface area contributed by atoms with Crippen LogP contribution in [0.1, 0.15) is 10.4 Å². The van der Waals surface area contributed by atoms with E-state index in [1.165, 1.54) is 0 Å². The number of anilines is 3. The van der Waals surface area contributed by atoms with Gasteiger partial charge in [0, 0.05) is 62.5 Å². The molecule has 2 N–H and O–H groups in total. The van der Waals surface area contributed by atoms with Crippen LogP contribution in [0.4, 0.5) is 21.9 Å². The highest BCUT2D eigenvalue weighted by Gasteiger charge is 2.17. The average Bonchev–Trinajstić information content (AvgIpc) is 2.87. The van der Waals surface area contributed by atoms with E-state index >= 15 is 0 Å². The SMILES string of the molecule is CN(CCN(C)c1ccnc2c(NC(=O)c3c(Cl)cccc3Cl)cccc12)C(=O)Nc1ccncc1. The number of benzene rings is 2. The normalized spacial score (nSPS) is 10.7. The summed E-state index contributed by atoms with van der Waals surface area (Å²) in [7, 11) is 3.68. The molecular formula is C26H24Cl2N6O2. The van der Waals surface area contributed by atoms with Gasteiger partial charge in [0.2, 0.25) is 0 Å². The second-order valence-electron chi connectivity index (χ2n) is 8.09. The zero-order valence-corrected chi connectivity index (χ0v) is 21.2. The standard InChI is InChI=1S/C26H24Cl2N6O2/c1-33(15-16-34(2)26(36)31-17-9-12-29-13-10-17)22-11-14-30-24-18(22)5-3-8-21(24)32-25(35)23-19(27)6-4-7-20(23)28/h3-14H,15-16H2,1-2H3,(H,32,35)(H,29,31,36). The number of carbonyl (C=O) groups is 2. The van der Waals surface area contributed by atoms with E-state index < -0.39 is 5.91 Å². The van der Waals surface area contributed by atoms with Gasteiger partial charge in [0.1, 0.15) is 0 Å². The number of amides is 3. The lowest BCUT2D eigenvalue weighted by Gasteiger charge is -2.25. The Hall–Kier alpha value is -3.88. The summed E-state index contributed by atoms with van der Waals surface area (Å²) in [6, 6.07) is 15.6. The molecular weight excluding hydrogens is 499 g/mol. The van der Waals surface area contributed by atoms with Crippen LogP contribution in [-0.2, 0) is 0 Å². The van der Waals surface area contributed by atoms with E-state index in [0.29, 0.717) is 30.0 Å². The zero-order chi connectivity index (χ0) is 25.7. The third-order valence-corrected chi connectivity index (χ3v) is 6.28. The quantitative estimate of drug-likeness (QED) is 0.320. The fraction of sp³-hybridized carbons (Fsp3) is 0.154. The van der Waals surface area contributed by atoms with Gasteiger partial charge in [-0.1, -0.05) is 41.4 Å². The van der Waals surface area contributed by atoms with Crippen LogP contribution in [-0.4, -0.2) is 54.0 Å². The minimum absolute atomic E-state index is 0.208. The van der Waals surface area contributed by atoms with Gasteiger partial charge in [0.05, 0.1) is 26.8 Å². The first kappa shape index (κ1) is 25.2. The number of rotatable bonds is 7. The van der Waals surface area contributed by atoms with Crippen molar-refractivity contribution in [3.63, 3.8) is 0 Å². The van der Waals surface area contributed by atoms with Gasteiger partial charge in [-0.25, -0.2) is 4.79 Å². The smallest absolute Gasteiger partial charge is 0.321 e. The summed E-state index contributed by atoms with van der Waals surface area (Å²) in [6.45, 7) is 1.06. The van der Waals surface area contributed by atoms with E-state index in [1.807, 2.05) is 30.1 Å². The second-order valence-corrected chi connectivity index (χ2v) is 8.91. The summed E-state index contributed by atoms with van der Waals surface area (Å²) in [6.07, 6.45) is 4.93. The number of halogens is 2. The summed E-state index contributed by atoms with van der Waals surface area (Å²) in [5, 5.41) is 7.12. The molecule has 0 fully saturated rings. The molecule has 2 aromatic carbocycles. The van der Waals surface area contributed by atoms with E-state index in [-0.39, 0.29) is 21.6 Å². The maximum atomic E-state index is 12.9. The lowest BCUT2D eigenvalue weighted by atomic mass is 10.1. The van der Waals surface area contributed by atoms with Crippen molar-refractivity contribution in [3.05, 3.63) is 88.8 Å². The second kappa shape index (κ2) is 11.2. The summed E-state index contributed by atoms with van der Waals surface area (Å²) in [5.41, 5.74) is 2.97. The number of carbonyl (C=O) groups excluding carboxylic acids is 2. The number of nitrogens with one attached hydrogen (secondary N) is 2. The van der Waals surface area contributed by atoms with Crippen molar-refractivity contribution >= 4 is 63.1 Å². The Morgan fingerprint density at radius 3 is 2.28 bits per heavy atom. The van der Waals surface area contributed by atoms with Crippen LogP contribution in [0, 0.1) is 0 Å². The Balaban J connectivity index is 1.49. The molecule has 0 saturated heterocycles. The summed E-state index contributed by atoms with van der Waals surface area (Å²) >= 11 is 12.4. The number of para-hydroxylation sites is 1. The van der Waals surface area contributed by atoms with Crippen LogP contribution in [0.25, 0.3) is 10.9 Å². The van der Waals surface area contributed by atoms with Gasteiger partial charge < -0.3 is 20.4 Å². The van der Waals surface area contributed by atoms with Crippen molar-refractivity contribution in [2.75, 3.05) is 42.7 Å². The number of likely N-dealkylation sites (N-methyl/N-ethyl adjacent to an activating group) is 2. The molecule has 3 amide bonds. The molecule has 0 aliphatic carbocycles. The molecule has 2 aromatic heterocycles. The Kier molecular flexibility index (Phi) is 7.87. The maximum Gasteiger partial charge on any atom is 0.321 e. The summed E-state index contributed by atoms with van der Waals surface area (Å²) in [5.74, 6) is -0.416. The van der Waals surface area contributed by atoms with Gasteiger partial charge in [0.25, 0.3) is 5.91 Å². The number of hydrogen-bond donors (Lipinski definition) is 2. The summed E-state index contributed by atoms with van der Waals surface area (Å²) < 4.78 is 0. The predicted molar refractivity (Wildman–Crippen MR) is 145 cm³/mol. The number of urea groups is 1. The minimum Gasteiger partial charge on any atom is -0.372 e. The number of aromatic nitrogens is 2. The van der Waals surface area contributed by atoms with E-state index in [2.05, 4.69) is 20.6 Å². The van der Waals surface area contributed by atoms with Crippen LogP contribution in [0.3, 0.4) is 0 Å². The van der Waals surface area contributed by atoms with Crippen LogP contribution in [0.15, 0.2) is 73.2 Å². The molecule has 2 heterocycles. The predicted octanol–water partition coefficient (Wildman–Crippen LogP) is 5.79. The van der Waals surface area contributed by atoms with Crippen LogP contribution < -0.4 is 15.5 Å². The molecule has 0 aliphatic rings. The van der Waals surface area contributed by atoms with Gasteiger partial charge in [-0.15, -0.1) is 0 Å². The number of pyridine rings is 2. The Bertz CT molecular complexity index is 1380. The Morgan fingerprint density at radius 1 is 0.861 bits per heavy atom. The monoisotopic (exact) mass is 522 g/mol. The molecule has 0 bridgehead atoms. The fourth-order valence-electron chi connectivity index (χ4n) is 3.67. The molecule has 0 spiro atoms. The van der Waals surface area contributed by atoms with Gasteiger partial charge in [-0.05, 0) is 36.4 Å². The number of fused-ring (bicyclic) bond motifs is 1. The molecule has 0 radical (unpaired) electrons. The molecule has 0 atom stereocenters. The first-order valence-electron chi connectivity index (χ1n) is 11.1. The van der Waals surface area contributed by atoms with Gasteiger partial charge in [0.15, 0.2) is 0 Å². The fourth-order valence-corrected chi connectivity index (χ4v) is 4.24. The third-order valence-electron chi connectivity index (χ3n) is 5.65. The third kappa shape index (κ3) is 5.67. The van der Waals surface area contributed by atoms with Gasteiger partial charge in [-0.3, -0.25) is 14.8 Å². The van der Waals surface area contributed by atoms with E-state index in [9.17, 15) is 9.59 Å². The number of hydrogen-bond acceptors (Lipinski definition) is 5. The van der Waals surface area contributed by atoms with Crippen molar-refractivity contribution in [2.45, 2.75) is 0 Å². The van der Waals surface area contributed by atoms with Crippen LogP contribution in [0.2, 0.25) is 10.0 Å². The largest absolute Gasteiger partial charge is 0.372 e. The molecule has 184 valence electrons. The van der Waals surface area contributed by atoms with Crippen molar-refractivity contribution in [1.29, 1.82) is 0 Å². The topological polar surface area (TPSA) is 90.5 Å². The molecule has 36 heavy (non-hydrogen) atoms. The van der Waals surface area contributed by atoms with E-state index in [4.69, 9.17) is 23.2 Å². The van der Waals surface area contributed by atoms with Gasteiger partial charge >= 0.3 is 6.03 Å². The van der Waals surface area contributed by atoms with Crippen molar-refractivity contribution < 1.29 is 9.59 Å². The highest BCUT2D eigenvalue weighted by Crippen LogP contribution is 2.31. The highest BCUT2D eigenvalue weighted by molar-refractivity contribution is 6.40. The lowest BCUT2D eigenvalue weighted by Crippen LogP contribution is -2.37. The van der Waals surface area contributed by atoms with E-state index in [1.54, 1.807) is 66.9 Å². The molecule has 0 aliphatic heterocycles. The molecule has 10 heteroatoms. The first-order valence-corrected chi connectivity index (χ1v) is 11.9. The number of nitrogens with zero attached hydrogens (tertiary/aromatic N) is 4. The average molecular weight is 523 g/mol. The zero-order valence-electron chi connectivity index (χ0n) is 19.7. The Morgan fingerprint density at radius 2 is 1.56 bits per heavy atom. The highest BCUT2D eigenvalue weighted by atomic mass is 35.5. The van der Waals surface area contributed by atoms with Crippen LogP contribution in [0.5, 0.6) is 0 Å². The summed E-state index contributed by atoms with van der Waals surface area (Å²) in [4.78, 5) is 37.5. The van der Waals surface area contributed by atoms with Crippen molar-refractivity contribution in [2.24, 2.45) is 0 Å². The maximum absolute atomic E-state index is 12.9. The van der Waals surface area contributed by atoms with E-state index in [0.717, 1.165) is 11.1 Å². The lowest BCUT2D eigenvalue weighted by molar-refractivity contribution is 0.102. The van der Waals surface area contributed by atoms with Crippen LogP contribution >= 0.6 is 23.2 Å². The molecule has 4 aromatic rings. The van der Waals surface area contributed by atoms with Crippen molar-refractivity contribution in [1.82, 2.24) is 14.9 Å². The molecule has 0 saturated carbocycles. The molecule has 0 unspecified atom stereocenters. The van der Waals surface area contributed by atoms with Gasteiger partial charge in [-0.2, -0.15) is 0 Å².